The number of aryl methyl sites for hydroxylation is 1. The SMILES string of the molecule is CCCc1cc([C@@H]2CCCN2C(=O)c2ccco2)no1. The first kappa shape index (κ1) is 13.0. The first-order chi connectivity index (χ1) is 9.79. The number of hydrogen-bond donors (Lipinski definition) is 0. The number of nitrogens with zero attached hydrogens (tertiary/aromatic N) is 2. The van der Waals surface area contributed by atoms with Gasteiger partial charge in [-0.15, -0.1) is 0 Å². The van der Waals surface area contributed by atoms with Gasteiger partial charge in [0.25, 0.3) is 5.91 Å². The molecule has 1 aliphatic rings. The quantitative estimate of drug-likeness (QED) is 0.859. The van der Waals surface area contributed by atoms with E-state index < -0.39 is 0 Å². The van der Waals surface area contributed by atoms with Crippen LogP contribution < -0.4 is 0 Å². The maximum absolute atomic E-state index is 12.4. The van der Waals surface area contributed by atoms with Crippen molar-refractivity contribution in [2.24, 2.45) is 0 Å². The summed E-state index contributed by atoms with van der Waals surface area (Å²) < 4.78 is 10.5. The molecule has 0 spiro atoms. The summed E-state index contributed by atoms with van der Waals surface area (Å²) in [6.45, 7) is 2.84. The zero-order valence-electron chi connectivity index (χ0n) is 11.5. The third kappa shape index (κ3) is 2.35. The zero-order valence-corrected chi connectivity index (χ0v) is 11.5. The standard InChI is InChI=1S/C15H18N2O3/c1-2-5-11-10-12(16-20-11)13-6-3-8-17(13)15(18)14-7-4-9-19-14/h4,7,9-10,13H,2-3,5-6,8H2,1H3/t13-/m0/s1. The van der Waals surface area contributed by atoms with Crippen LogP contribution >= 0.6 is 0 Å². The van der Waals surface area contributed by atoms with Crippen LogP contribution in [-0.4, -0.2) is 22.5 Å². The van der Waals surface area contributed by atoms with Gasteiger partial charge in [0.05, 0.1) is 12.3 Å². The Labute approximate surface area is 117 Å². The highest BCUT2D eigenvalue weighted by molar-refractivity contribution is 5.91. The molecule has 1 saturated heterocycles. The molecule has 0 N–H and O–H groups in total. The van der Waals surface area contributed by atoms with Crippen LogP contribution in [0.5, 0.6) is 0 Å². The fraction of sp³-hybridized carbons (Fsp3) is 0.467. The van der Waals surface area contributed by atoms with Crippen LogP contribution in [0.2, 0.25) is 0 Å². The molecule has 0 radical (unpaired) electrons. The zero-order chi connectivity index (χ0) is 13.9. The van der Waals surface area contributed by atoms with Gasteiger partial charge in [-0.2, -0.15) is 0 Å². The number of carbonyl (C=O) groups excluding carboxylic acids is 1. The first-order valence-corrected chi connectivity index (χ1v) is 7.09. The Bertz CT molecular complexity index is 574. The van der Waals surface area contributed by atoms with E-state index in [1.54, 1.807) is 12.1 Å². The topological polar surface area (TPSA) is 59.5 Å². The number of aromatic nitrogens is 1. The Balaban J connectivity index is 1.79. The molecule has 5 nitrogen and oxygen atoms in total. The van der Waals surface area contributed by atoms with Gasteiger partial charge in [0, 0.05) is 19.0 Å². The molecule has 2 aromatic rings. The second kappa shape index (κ2) is 5.53. The van der Waals surface area contributed by atoms with Gasteiger partial charge in [0.1, 0.15) is 11.5 Å². The Kier molecular flexibility index (Phi) is 3.58. The average Bonchev–Trinajstić information content (AvgIpc) is 3.19. The van der Waals surface area contributed by atoms with E-state index in [0.29, 0.717) is 5.76 Å². The van der Waals surface area contributed by atoms with Crippen molar-refractivity contribution in [3.63, 3.8) is 0 Å². The highest BCUT2D eigenvalue weighted by Crippen LogP contribution is 2.33. The van der Waals surface area contributed by atoms with Crippen molar-refractivity contribution < 1.29 is 13.7 Å². The van der Waals surface area contributed by atoms with E-state index in [1.165, 1.54) is 6.26 Å². The molecule has 0 saturated carbocycles. The van der Waals surface area contributed by atoms with Crippen LogP contribution in [0.15, 0.2) is 33.4 Å². The minimum Gasteiger partial charge on any atom is -0.459 e. The molecular weight excluding hydrogens is 256 g/mol. The Morgan fingerprint density at radius 3 is 3.20 bits per heavy atom. The molecular formula is C15H18N2O3. The van der Waals surface area contributed by atoms with Crippen molar-refractivity contribution in [1.82, 2.24) is 10.1 Å². The van der Waals surface area contributed by atoms with Crippen molar-refractivity contribution >= 4 is 5.91 Å². The fourth-order valence-corrected chi connectivity index (χ4v) is 2.71. The van der Waals surface area contributed by atoms with E-state index >= 15 is 0 Å². The van der Waals surface area contributed by atoms with E-state index in [-0.39, 0.29) is 11.9 Å². The largest absolute Gasteiger partial charge is 0.459 e. The summed E-state index contributed by atoms with van der Waals surface area (Å²) in [5.41, 5.74) is 0.853. The number of likely N-dealkylation sites (tertiary alicyclic amines) is 1. The number of amides is 1. The molecule has 2 aromatic heterocycles. The molecule has 0 aliphatic carbocycles. The van der Waals surface area contributed by atoms with Gasteiger partial charge in [-0.05, 0) is 31.4 Å². The van der Waals surface area contributed by atoms with Gasteiger partial charge >= 0.3 is 0 Å². The van der Waals surface area contributed by atoms with Crippen LogP contribution in [-0.2, 0) is 6.42 Å². The fourth-order valence-electron chi connectivity index (χ4n) is 2.71. The van der Waals surface area contributed by atoms with Crippen LogP contribution in [0, 0.1) is 0 Å². The summed E-state index contributed by atoms with van der Waals surface area (Å²) in [6, 6.07) is 5.40. The smallest absolute Gasteiger partial charge is 0.290 e. The van der Waals surface area contributed by atoms with Gasteiger partial charge in [-0.25, -0.2) is 0 Å². The third-order valence-corrected chi connectivity index (χ3v) is 3.66. The third-order valence-electron chi connectivity index (χ3n) is 3.66. The minimum atomic E-state index is -0.0717. The Morgan fingerprint density at radius 2 is 2.45 bits per heavy atom. The number of furan rings is 1. The van der Waals surface area contributed by atoms with Crippen LogP contribution in [0.25, 0.3) is 0 Å². The number of hydrogen-bond acceptors (Lipinski definition) is 4. The summed E-state index contributed by atoms with van der Waals surface area (Å²) in [4.78, 5) is 14.2. The monoisotopic (exact) mass is 274 g/mol. The minimum absolute atomic E-state index is 0.00181. The summed E-state index contributed by atoms with van der Waals surface area (Å²) >= 11 is 0. The predicted octanol–water partition coefficient (Wildman–Crippen LogP) is 3.20. The van der Waals surface area contributed by atoms with E-state index in [0.717, 1.165) is 43.7 Å². The van der Waals surface area contributed by atoms with Crippen molar-refractivity contribution in [2.75, 3.05) is 6.54 Å². The van der Waals surface area contributed by atoms with Crippen molar-refractivity contribution in [3.8, 4) is 0 Å². The summed E-state index contributed by atoms with van der Waals surface area (Å²) in [5, 5.41) is 4.13. The van der Waals surface area contributed by atoms with Crippen molar-refractivity contribution in [1.29, 1.82) is 0 Å². The molecule has 1 fully saturated rings. The maximum atomic E-state index is 12.4. The second-order valence-electron chi connectivity index (χ2n) is 5.10. The van der Waals surface area contributed by atoms with Crippen LogP contribution in [0.1, 0.15) is 54.2 Å². The summed E-state index contributed by atoms with van der Waals surface area (Å²) in [5.74, 6) is 1.20. The summed E-state index contributed by atoms with van der Waals surface area (Å²) in [6.07, 6.45) is 5.32. The highest BCUT2D eigenvalue weighted by Gasteiger charge is 2.33. The van der Waals surface area contributed by atoms with Crippen LogP contribution in [0.4, 0.5) is 0 Å². The number of carbonyl (C=O) groups is 1. The molecule has 0 unspecified atom stereocenters. The summed E-state index contributed by atoms with van der Waals surface area (Å²) in [7, 11) is 0. The average molecular weight is 274 g/mol. The van der Waals surface area contributed by atoms with E-state index in [2.05, 4.69) is 12.1 Å². The molecule has 106 valence electrons. The molecule has 5 heteroatoms. The van der Waals surface area contributed by atoms with Gasteiger partial charge < -0.3 is 13.8 Å². The highest BCUT2D eigenvalue weighted by atomic mass is 16.5. The van der Waals surface area contributed by atoms with Gasteiger partial charge in [-0.1, -0.05) is 12.1 Å². The van der Waals surface area contributed by atoms with Crippen molar-refractivity contribution in [2.45, 2.75) is 38.6 Å². The van der Waals surface area contributed by atoms with Gasteiger partial charge in [-0.3, -0.25) is 4.79 Å². The Hall–Kier alpha value is -2.04. The second-order valence-corrected chi connectivity index (χ2v) is 5.10. The van der Waals surface area contributed by atoms with E-state index in [9.17, 15) is 4.79 Å². The van der Waals surface area contributed by atoms with E-state index in [1.807, 2.05) is 11.0 Å². The van der Waals surface area contributed by atoms with Gasteiger partial charge in [0.15, 0.2) is 5.76 Å². The predicted molar refractivity (Wildman–Crippen MR) is 72.2 cm³/mol. The van der Waals surface area contributed by atoms with Crippen LogP contribution in [0.3, 0.4) is 0 Å². The van der Waals surface area contributed by atoms with Crippen molar-refractivity contribution in [3.05, 3.63) is 41.7 Å². The normalized spacial score (nSPS) is 18.6. The molecule has 1 aliphatic heterocycles. The molecule has 3 rings (SSSR count). The van der Waals surface area contributed by atoms with Gasteiger partial charge in [0.2, 0.25) is 0 Å². The molecule has 1 amide bonds. The first-order valence-electron chi connectivity index (χ1n) is 7.09. The lowest BCUT2D eigenvalue weighted by Crippen LogP contribution is -2.30. The molecule has 0 bridgehead atoms. The lowest BCUT2D eigenvalue weighted by molar-refractivity contribution is 0.0698. The molecule has 1 atom stereocenters. The lowest BCUT2D eigenvalue weighted by atomic mass is 10.1. The maximum Gasteiger partial charge on any atom is 0.290 e. The lowest BCUT2D eigenvalue weighted by Gasteiger charge is -2.21. The Morgan fingerprint density at radius 1 is 1.55 bits per heavy atom. The molecule has 20 heavy (non-hydrogen) atoms. The molecule has 3 heterocycles. The molecule has 0 aromatic carbocycles. The number of rotatable bonds is 4. The van der Waals surface area contributed by atoms with E-state index in [4.69, 9.17) is 8.94 Å².